The van der Waals surface area contributed by atoms with Crippen molar-refractivity contribution in [3.8, 4) is 0 Å². The van der Waals surface area contributed by atoms with E-state index in [1.165, 1.54) is 5.57 Å². The first kappa shape index (κ1) is 15.1. The summed E-state index contributed by atoms with van der Waals surface area (Å²) < 4.78 is 0. The van der Waals surface area contributed by atoms with Gasteiger partial charge in [-0.2, -0.15) is 0 Å². The SMILES string of the molecule is CC(C)=CCCC[C@]1(C=O)CCC[C@H]1[C@H](C)C=O. The molecule has 2 heteroatoms. The van der Waals surface area contributed by atoms with Gasteiger partial charge in [0.25, 0.3) is 0 Å². The Morgan fingerprint density at radius 1 is 1.39 bits per heavy atom. The van der Waals surface area contributed by atoms with Gasteiger partial charge in [0.2, 0.25) is 0 Å². The van der Waals surface area contributed by atoms with E-state index in [9.17, 15) is 9.59 Å². The van der Waals surface area contributed by atoms with Crippen LogP contribution in [0.2, 0.25) is 0 Å². The largest absolute Gasteiger partial charge is 0.303 e. The quantitative estimate of drug-likeness (QED) is 0.389. The lowest BCUT2D eigenvalue weighted by molar-refractivity contribution is -0.121. The number of hydrogen-bond acceptors (Lipinski definition) is 2. The number of carbonyl (C=O) groups is 2. The zero-order chi connectivity index (χ0) is 13.6. The summed E-state index contributed by atoms with van der Waals surface area (Å²) in [5.41, 5.74) is 1.11. The van der Waals surface area contributed by atoms with Gasteiger partial charge < -0.3 is 9.59 Å². The van der Waals surface area contributed by atoms with E-state index in [0.717, 1.165) is 51.1 Å². The number of unbranched alkanes of at least 4 members (excludes halogenated alkanes) is 1. The number of carbonyl (C=O) groups excluding carboxylic acids is 2. The third-order valence-corrected chi connectivity index (χ3v) is 4.38. The first-order valence-electron chi connectivity index (χ1n) is 7.11. The Morgan fingerprint density at radius 2 is 2.11 bits per heavy atom. The summed E-state index contributed by atoms with van der Waals surface area (Å²) >= 11 is 0. The summed E-state index contributed by atoms with van der Waals surface area (Å²) in [5.74, 6) is 0.278. The lowest BCUT2D eigenvalue weighted by Crippen LogP contribution is -2.32. The van der Waals surface area contributed by atoms with Crippen LogP contribution >= 0.6 is 0 Å². The highest BCUT2D eigenvalue weighted by atomic mass is 16.1. The molecule has 2 nitrogen and oxygen atoms in total. The van der Waals surface area contributed by atoms with Crippen LogP contribution in [0.4, 0.5) is 0 Å². The van der Waals surface area contributed by atoms with Crippen molar-refractivity contribution in [2.24, 2.45) is 17.3 Å². The van der Waals surface area contributed by atoms with E-state index in [-0.39, 0.29) is 17.3 Å². The van der Waals surface area contributed by atoms with Gasteiger partial charge in [0, 0.05) is 11.3 Å². The van der Waals surface area contributed by atoms with E-state index >= 15 is 0 Å². The summed E-state index contributed by atoms with van der Waals surface area (Å²) in [7, 11) is 0. The van der Waals surface area contributed by atoms with E-state index < -0.39 is 0 Å². The van der Waals surface area contributed by atoms with Gasteiger partial charge in [-0.3, -0.25) is 0 Å². The molecule has 1 saturated carbocycles. The molecule has 0 aromatic heterocycles. The average molecular weight is 250 g/mol. The average Bonchev–Trinajstić information content (AvgIpc) is 2.78. The molecule has 0 aromatic carbocycles. The monoisotopic (exact) mass is 250 g/mol. The molecule has 0 radical (unpaired) electrons. The molecule has 0 heterocycles. The van der Waals surface area contributed by atoms with Crippen molar-refractivity contribution in [2.75, 3.05) is 0 Å². The number of aldehydes is 2. The number of hydrogen-bond donors (Lipinski definition) is 0. The molecule has 3 atom stereocenters. The van der Waals surface area contributed by atoms with Gasteiger partial charge in [-0.25, -0.2) is 0 Å². The van der Waals surface area contributed by atoms with Crippen molar-refractivity contribution in [2.45, 2.75) is 59.3 Å². The van der Waals surface area contributed by atoms with Gasteiger partial charge in [0.05, 0.1) is 0 Å². The predicted octanol–water partition coefficient (Wildman–Crippen LogP) is 3.94. The van der Waals surface area contributed by atoms with Gasteiger partial charge in [-0.15, -0.1) is 0 Å². The highest BCUT2D eigenvalue weighted by Crippen LogP contribution is 2.48. The molecule has 1 aliphatic carbocycles. The molecule has 1 rings (SSSR count). The molecule has 1 fully saturated rings. The lowest BCUT2D eigenvalue weighted by Gasteiger charge is -2.32. The Morgan fingerprint density at radius 3 is 2.67 bits per heavy atom. The first-order chi connectivity index (χ1) is 8.55. The van der Waals surface area contributed by atoms with Crippen LogP contribution in [0.1, 0.15) is 59.3 Å². The Labute approximate surface area is 111 Å². The van der Waals surface area contributed by atoms with Crippen molar-refractivity contribution >= 4 is 12.6 Å². The van der Waals surface area contributed by atoms with Crippen molar-refractivity contribution in [3.05, 3.63) is 11.6 Å². The molecular weight excluding hydrogens is 224 g/mol. The van der Waals surface area contributed by atoms with Gasteiger partial charge in [0.1, 0.15) is 12.6 Å². The second kappa shape index (κ2) is 6.86. The van der Waals surface area contributed by atoms with Crippen LogP contribution in [0.5, 0.6) is 0 Å². The van der Waals surface area contributed by atoms with E-state index in [0.29, 0.717) is 0 Å². The molecule has 18 heavy (non-hydrogen) atoms. The summed E-state index contributed by atoms with van der Waals surface area (Å²) in [6.07, 6.45) is 10.5. The normalized spacial score (nSPS) is 28.7. The smallest absolute Gasteiger partial charge is 0.126 e. The maximum atomic E-state index is 11.6. The zero-order valence-electron chi connectivity index (χ0n) is 11.9. The van der Waals surface area contributed by atoms with Crippen molar-refractivity contribution in [3.63, 3.8) is 0 Å². The molecule has 0 spiro atoms. The van der Waals surface area contributed by atoms with Gasteiger partial charge >= 0.3 is 0 Å². The van der Waals surface area contributed by atoms with Crippen molar-refractivity contribution in [1.82, 2.24) is 0 Å². The minimum Gasteiger partial charge on any atom is -0.303 e. The zero-order valence-corrected chi connectivity index (χ0v) is 11.9. The lowest BCUT2D eigenvalue weighted by atomic mass is 9.70. The molecule has 0 aromatic rings. The molecule has 0 unspecified atom stereocenters. The molecular formula is C16H26O2. The van der Waals surface area contributed by atoms with Crippen LogP contribution < -0.4 is 0 Å². The summed E-state index contributed by atoms with van der Waals surface area (Å²) in [6, 6.07) is 0. The highest BCUT2D eigenvalue weighted by molar-refractivity contribution is 5.63. The van der Waals surface area contributed by atoms with Crippen molar-refractivity contribution in [1.29, 1.82) is 0 Å². The fraction of sp³-hybridized carbons (Fsp3) is 0.750. The molecule has 1 aliphatic rings. The molecule has 0 aliphatic heterocycles. The van der Waals surface area contributed by atoms with Crippen LogP contribution in [0.3, 0.4) is 0 Å². The third kappa shape index (κ3) is 3.54. The first-order valence-corrected chi connectivity index (χ1v) is 7.11. The molecule has 0 N–H and O–H groups in total. The van der Waals surface area contributed by atoms with Gasteiger partial charge in [0.15, 0.2) is 0 Å². The van der Waals surface area contributed by atoms with E-state index in [2.05, 4.69) is 19.9 Å². The van der Waals surface area contributed by atoms with Crippen LogP contribution in [-0.2, 0) is 9.59 Å². The predicted molar refractivity (Wildman–Crippen MR) is 74.3 cm³/mol. The van der Waals surface area contributed by atoms with Crippen LogP contribution in [0, 0.1) is 17.3 Å². The number of rotatable bonds is 7. The minimum atomic E-state index is -0.226. The standard InChI is InChI=1S/C16H26O2/c1-13(2)7-4-5-9-16(12-18)10-6-8-15(16)14(3)11-17/h7,11-12,14-15H,4-6,8-10H2,1-3H3/t14-,15+,16-/m1/s1. The van der Waals surface area contributed by atoms with Gasteiger partial charge in [-0.1, -0.05) is 25.0 Å². The fourth-order valence-corrected chi connectivity index (χ4v) is 3.34. The molecule has 0 bridgehead atoms. The van der Waals surface area contributed by atoms with Gasteiger partial charge in [-0.05, 0) is 51.9 Å². The van der Waals surface area contributed by atoms with Crippen LogP contribution in [0.15, 0.2) is 11.6 Å². The Bertz CT molecular complexity index is 315. The maximum Gasteiger partial charge on any atom is 0.126 e. The Balaban J connectivity index is 2.63. The molecule has 0 amide bonds. The topological polar surface area (TPSA) is 34.1 Å². The summed E-state index contributed by atoms with van der Waals surface area (Å²) in [6.45, 7) is 6.15. The Kier molecular flexibility index (Phi) is 5.77. The van der Waals surface area contributed by atoms with Crippen LogP contribution in [0.25, 0.3) is 0 Å². The molecule has 0 saturated heterocycles. The van der Waals surface area contributed by atoms with E-state index in [1.807, 2.05) is 6.92 Å². The minimum absolute atomic E-state index is 0.0150. The van der Waals surface area contributed by atoms with Crippen molar-refractivity contribution < 1.29 is 9.59 Å². The third-order valence-electron chi connectivity index (χ3n) is 4.38. The van der Waals surface area contributed by atoms with E-state index in [4.69, 9.17) is 0 Å². The second-order valence-electron chi connectivity index (χ2n) is 6.02. The fourth-order valence-electron chi connectivity index (χ4n) is 3.34. The summed E-state index contributed by atoms with van der Waals surface area (Å²) in [4.78, 5) is 22.5. The summed E-state index contributed by atoms with van der Waals surface area (Å²) in [5, 5.41) is 0. The molecule has 102 valence electrons. The maximum absolute atomic E-state index is 11.6. The Hall–Kier alpha value is -0.920. The van der Waals surface area contributed by atoms with Crippen LogP contribution in [-0.4, -0.2) is 12.6 Å². The number of allylic oxidation sites excluding steroid dienone is 2. The highest BCUT2D eigenvalue weighted by Gasteiger charge is 2.44. The second-order valence-corrected chi connectivity index (χ2v) is 6.02. The van der Waals surface area contributed by atoms with E-state index in [1.54, 1.807) is 0 Å².